The van der Waals surface area contributed by atoms with Crippen LogP contribution in [0.2, 0.25) is 0 Å². The van der Waals surface area contributed by atoms with Crippen LogP contribution in [0.3, 0.4) is 0 Å². The number of fused-ring (bicyclic) bond motifs is 1. The molecule has 2 rings (SSSR count). The Morgan fingerprint density at radius 2 is 1.95 bits per heavy atom. The van der Waals surface area contributed by atoms with E-state index in [1.807, 2.05) is 12.1 Å². The van der Waals surface area contributed by atoms with Gasteiger partial charge in [-0.2, -0.15) is 0 Å². The molecule has 1 heterocycles. The molecule has 1 N–H and O–H groups in total. The Balaban J connectivity index is 1.77. The van der Waals surface area contributed by atoms with Gasteiger partial charge < -0.3 is 5.32 Å². The van der Waals surface area contributed by atoms with Crippen LogP contribution in [-0.2, 0) is 11.2 Å². The van der Waals surface area contributed by atoms with Crippen molar-refractivity contribution in [3.63, 3.8) is 0 Å². The quantitative estimate of drug-likeness (QED) is 0.517. The van der Waals surface area contributed by atoms with E-state index in [4.69, 9.17) is 11.6 Å². The summed E-state index contributed by atoms with van der Waals surface area (Å²) in [5.74, 6) is 0.0826. The van der Waals surface area contributed by atoms with Crippen LogP contribution in [0.1, 0.15) is 68.4 Å². The van der Waals surface area contributed by atoms with E-state index in [0.29, 0.717) is 6.42 Å². The molecule has 110 valence electrons. The van der Waals surface area contributed by atoms with Gasteiger partial charge in [-0.3, -0.25) is 4.79 Å². The van der Waals surface area contributed by atoms with Crippen LogP contribution in [0.4, 0.5) is 5.69 Å². The monoisotopic (exact) mass is 293 g/mol. The maximum atomic E-state index is 11.3. The normalized spacial score (nSPS) is 15.0. The molecule has 1 aromatic carbocycles. The number of amides is 1. The molecule has 2 nitrogen and oxygen atoms in total. The molecule has 1 atom stereocenters. The molecule has 3 heteroatoms. The van der Waals surface area contributed by atoms with Crippen molar-refractivity contribution in [2.45, 2.75) is 63.7 Å². The summed E-state index contributed by atoms with van der Waals surface area (Å²) in [6, 6.07) is 6.10. The molecule has 0 bridgehead atoms. The topological polar surface area (TPSA) is 29.1 Å². The summed E-state index contributed by atoms with van der Waals surface area (Å²) in [5, 5.41) is 2.92. The van der Waals surface area contributed by atoms with Crippen molar-refractivity contribution >= 4 is 23.2 Å². The third-order valence-electron chi connectivity index (χ3n) is 3.93. The second-order valence-corrected chi connectivity index (χ2v) is 6.19. The molecule has 0 saturated heterocycles. The second kappa shape index (κ2) is 7.68. The molecular weight excluding hydrogens is 270 g/mol. The van der Waals surface area contributed by atoms with E-state index < -0.39 is 0 Å². The van der Waals surface area contributed by atoms with Gasteiger partial charge >= 0.3 is 0 Å². The molecule has 1 amide bonds. The summed E-state index contributed by atoms with van der Waals surface area (Å²) in [4.78, 5) is 11.3. The van der Waals surface area contributed by atoms with Gasteiger partial charge in [-0.1, -0.05) is 57.6 Å². The van der Waals surface area contributed by atoms with Crippen molar-refractivity contribution in [2.24, 2.45) is 0 Å². The minimum absolute atomic E-state index is 0.0715. The number of halogens is 1. The lowest BCUT2D eigenvalue weighted by Crippen LogP contribution is -2.03. The van der Waals surface area contributed by atoms with E-state index >= 15 is 0 Å². The lowest BCUT2D eigenvalue weighted by atomic mass is 10.0. The molecule has 1 unspecified atom stereocenters. The van der Waals surface area contributed by atoms with Crippen molar-refractivity contribution in [3.05, 3.63) is 29.3 Å². The largest absolute Gasteiger partial charge is 0.326 e. The minimum atomic E-state index is 0.0715. The van der Waals surface area contributed by atoms with Gasteiger partial charge in [0, 0.05) is 5.69 Å². The first-order valence-corrected chi connectivity index (χ1v) is 8.21. The van der Waals surface area contributed by atoms with Gasteiger partial charge in [-0.05, 0) is 23.6 Å². The molecule has 1 aliphatic rings. The summed E-state index contributed by atoms with van der Waals surface area (Å²) < 4.78 is 0. The Morgan fingerprint density at radius 3 is 2.75 bits per heavy atom. The molecule has 1 aliphatic heterocycles. The summed E-state index contributed by atoms with van der Waals surface area (Å²) in [7, 11) is 0. The van der Waals surface area contributed by atoms with Gasteiger partial charge in [0.1, 0.15) is 0 Å². The number of carbonyl (C=O) groups excluding carboxylic acids is 1. The second-order valence-electron chi connectivity index (χ2n) is 5.67. The highest BCUT2D eigenvalue weighted by atomic mass is 35.5. The van der Waals surface area contributed by atoms with E-state index in [9.17, 15) is 4.79 Å². The predicted octanol–water partition coefficient (Wildman–Crippen LogP) is 5.21. The number of rotatable bonds is 8. The zero-order chi connectivity index (χ0) is 14.4. The van der Waals surface area contributed by atoms with E-state index in [1.54, 1.807) is 0 Å². The summed E-state index contributed by atoms with van der Waals surface area (Å²) >= 11 is 6.48. The average Bonchev–Trinajstić information content (AvgIpc) is 2.81. The summed E-state index contributed by atoms with van der Waals surface area (Å²) in [5.41, 5.74) is 3.18. The van der Waals surface area contributed by atoms with Crippen LogP contribution in [-0.4, -0.2) is 5.91 Å². The molecule has 0 aromatic heterocycles. The fourth-order valence-corrected chi connectivity index (χ4v) is 3.00. The van der Waals surface area contributed by atoms with Crippen molar-refractivity contribution in [1.29, 1.82) is 0 Å². The molecule has 0 aliphatic carbocycles. The van der Waals surface area contributed by atoms with Gasteiger partial charge in [-0.25, -0.2) is 0 Å². The van der Waals surface area contributed by atoms with Crippen molar-refractivity contribution in [3.8, 4) is 0 Å². The fraction of sp³-hybridized carbons (Fsp3) is 0.588. The number of hydrogen-bond acceptors (Lipinski definition) is 1. The van der Waals surface area contributed by atoms with Gasteiger partial charge in [0.05, 0.1) is 11.8 Å². The van der Waals surface area contributed by atoms with Crippen LogP contribution >= 0.6 is 11.6 Å². The van der Waals surface area contributed by atoms with Crippen LogP contribution < -0.4 is 5.32 Å². The zero-order valence-corrected chi connectivity index (χ0v) is 13.0. The number of anilines is 1. The van der Waals surface area contributed by atoms with Crippen molar-refractivity contribution in [2.75, 3.05) is 5.32 Å². The Morgan fingerprint density at radius 1 is 1.20 bits per heavy atom. The third-order valence-corrected chi connectivity index (χ3v) is 4.40. The number of carbonyl (C=O) groups is 1. The van der Waals surface area contributed by atoms with Crippen LogP contribution in [0.25, 0.3) is 0 Å². The maximum absolute atomic E-state index is 11.3. The summed E-state index contributed by atoms with van der Waals surface area (Å²) in [6.07, 6.45) is 9.27. The Hall–Kier alpha value is -1.02. The minimum Gasteiger partial charge on any atom is -0.326 e. The highest BCUT2D eigenvalue weighted by Crippen LogP contribution is 2.31. The highest BCUT2D eigenvalue weighted by Gasteiger charge is 2.19. The van der Waals surface area contributed by atoms with E-state index in [1.165, 1.54) is 38.5 Å². The van der Waals surface area contributed by atoms with Crippen LogP contribution in [0.15, 0.2) is 18.2 Å². The standard InChI is InChI=1S/C17H24ClNO/c1-2-3-4-5-6-7-8-15(18)13-9-10-16-14(11-13)12-17(20)19-16/h9-11,15H,2-8,12H2,1H3,(H,19,20). The molecule has 0 spiro atoms. The fourth-order valence-electron chi connectivity index (χ4n) is 2.71. The first-order chi connectivity index (χ1) is 9.70. The van der Waals surface area contributed by atoms with E-state index in [2.05, 4.69) is 18.3 Å². The molecular formula is C17H24ClNO. The van der Waals surface area contributed by atoms with Gasteiger partial charge in [0.25, 0.3) is 0 Å². The number of nitrogens with one attached hydrogen (secondary N) is 1. The Labute approximate surface area is 126 Å². The first kappa shape index (κ1) is 15.4. The van der Waals surface area contributed by atoms with Gasteiger partial charge in [-0.15, -0.1) is 11.6 Å². The Kier molecular flexibility index (Phi) is 5.90. The molecule has 0 saturated carbocycles. The number of benzene rings is 1. The number of hydrogen-bond donors (Lipinski definition) is 1. The van der Waals surface area contributed by atoms with E-state index in [0.717, 1.165) is 23.2 Å². The highest BCUT2D eigenvalue weighted by molar-refractivity contribution is 6.20. The number of unbranched alkanes of at least 4 members (excludes halogenated alkanes) is 5. The van der Waals surface area contributed by atoms with Gasteiger partial charge in [0.15, 0.2) is 0 Å². The zero-order valence-electron chi connectivity index (χ0n) is 12.3. The SMILES string of the molecule is CCCCCCCCC(Cl)c1ccc2c(c1)CC(=O)N2. The van der Waals surface area contributed by atoms with Crippen LogP contribution in [0.5, 0.6) is 0 Å². The third kappa shape index (κ3) is 4.24. The molecule has 0 radical (unpaired) electrons. The maximum Gasteiger partial charge on any atom is 0.228 e. The average molecular weight is 294 g/mol. The van der Waals surface area contributed by atoms with Gasteiger partial charge in [0.2, 0.25) is 5.91 Å². The van der Waals surface area contributed by atoms with Crippen LogP contribution in [0, 0.1) is 0 Å². The van der Waals surface area contributed by atoms with Crippen molar-refractivity contribution in [1.82, 2.24) is 0 Å². The first-order valence-electron chi connectivity index (χ1n) is 7.77. The summed E-state index contributed by atoms with van der Waals surface area (Å²) in [6.45, 7) is 2.24. The number of alkyl halides is 1. The Bertz CT molecular complexity index is 458. The lowest BCUT2D eigenvalue weighted by molar-refractivity contribution is -0.115. The molecule has 20 heavy (non-hydrogen) atoms. The molecule has 0 fully saturated rings. The smallest absolute Gasteiger partial charge is 0.228 e. The van der Waals surface area contributed by atoms with Crippen molar-refractivity contribution < 1.29 is 4.79 Å². The van der Waals surface area contributed by atoms with E-state index in [-0.39, 0.29) is 11.3 Å². The predicted molar refractivity (Wildman–Crippen MR) is 85.4 cm³/mol. The lowest BCUT2D eigenvalue weighted by Gasteiger charge is -2.11. The molecule has 1 aromatic rings.